The summed E-state index contributed by atoms with van der Waals surface area (Å²) in [5.74, 6) is 1.36. The standard InChI is InChI=1S/C16H23ClN2O2S/c1-22-9-8-14(18)16(20)19-11-6-7-15(13(17)10-11)21-12-4-2-3-5-12/h6-7,10,12,14H,2-5,8-9,18H2,1H3,(H,19,20)/t14-/m0/s1. The third-order valence-corrected chi connectivity index (χ3v) is 4.70. The fraction of sp³-hybridized carbons (Fsp3) is 0.562. The van der Waals surface area contributed by atoms with E-state index in [1.807, 2.05) is 12.3 Å². The Hall–Kier alpha value is -0.910. The second kappa shape index (κ2) is 8.65. The van der Waals surface area contributed by atoms with Crippen molar-refractivity contribution in [3.8, 4) is 5.75 Å². The van der Waals surface area contributed by atoms with Gasteiger partial charge in [0.1, 0.15) is 5.75 Å². The molecule has 6 heteroatoms. The molecular formula is C16H23ClN2O2S. The SMILES string of the molecule is CSCC[C@H](N)C(=O)Nc1ccc(OC2CCCC2)c(Cl)c1. The molecule has 0 aliphatic heterocycles. The van der Waals surface area contributed by atoms with Crippen molar-refractivity contribution in [3.63, 3.8) is 0 Å². The van der Waals surface area contributed by atoms with Crippen molar-refractivity contribution in [2.45, 2.75) is 44.2 Å². The van der Waals surface area contributed by atoms with Gasteiger partial charge in [0.15, 0.2) is 0 Å². The molecule has 0 saturated heterocycles. The van der Waals surface area contributed by atoms with E-state index >= 15 is 0 Å². The number of amides is 1. The van der Waals surface area contributed by atoms with Crippen LogP contribution in [0.2, 0.25) is 5.02 Å². The Morgan fingerprint density at radius 1 is 1.50 bits per heavy atom. The van der Waals surface area contributed by atoms with Gasteiger partial charge in [-0.15, -0.1) is 0 Å². The van der Waals surface area contributed by atoms with Crippen molar-refractivity contribution in [3.05, 3.63) is 23.2 Å². The number of benzene rings is 1. The minimum absolute atomic E-state index is 0.186. The molecule has 1 saturated carbocycles. The first-order valence-corrected chi connectivity index (χ1v) is 9.39. The van der Waals surface area contributed by atoms with Gasteiger partial charge in [0.25, 0.3) is 0 Å². The van der Waals surface area contributed by atoms with Crippen LogP contribution in [0.25, 0.3) is 0 Å². The molecule has 1 atom stereocenters. The molecule has 0 unspecified atom stereocenters. The monoisotopic (exact) mass is 342 g/mol. The predicted octanol–water partition coefficient (Wildman–Crippen LogP) is 3.68. The molecule has 1 fully saturated rings. The van der Waals surface area contributed by atoms with Crippen molar-refractivity contribution in [1.82, 2.24) is 0 Å². The Bertz CT molecular complexity index is 507. The van der Waals surface area contributed by atoms with Crippen LogP contribution < -0.4 is 15.8 Å². The second-order valence-corrected chi connectivity index (χ2v) is 6.94. The van der Waals surface area contributed by atoms with Gasteiger partial charge in [-0.05, 0) is 62.3 Å². The van der Waals surface area contributed by atoms with E-state index in [0.29, 0.717) is 22.9 Å². The summed E-state index contributed by atoms with van der Waals surface area (Å²) in [5, 5.41) is 3.32. The molecule has 1 aliphatic carbocycles. The molecule has 0 aromatic heterocycles. The van der Waals surface area contributed by atoms with Gasteiger partial charge in [-0.1, -0.05) is 11.6 Å². The number of hydrogen-bond acceptors (Lipinski definition) is 4. The topological polar surface area (TPSA) is 64.4 Å². The van der Waals surface area contributed by atoms with Crippen molar-refractivity contribution in [2.75, 3.05) is 17.3 Å². The van der Waals surface area contributed by atoms with E-state index in [4.69, 9.17) is 22.1 Å². The second-order valence-electron chi connectivity index (χ2n) is 5.55. The zero-order valence-electron chi connectivity index (χ0n) is 12.8. The number of carbonyl (C=O) groups excluding carboxylic acids is 1. The lowest BCUT2D eigenvalue weighted by Gasteiger charge is -2.16. The van der Waals surface area contributed by atoms with Crippen molar-refractivity contribution in [2.24, 2.45) is 5.73 Å². The highest BCUT2D eigenvalue weighted by atomic mass is 35.5. The summed E-state index contributed by atoms with van der Waals surface area (Å²) in [6.07, 6.45) is 7.50. The van der Waals surface area contributed by atoms with Gasteiger partial charge in [-0.3, -0.25) is 4.79 Å². The van der Waals surface area contributed by atoms with Crippen LogP contribution in [0, 0.1) is 0 Å². The average Bonchev–Trinajstić information content (AvgIpc) is 3.00. The first kappa shape index (κ1) is 17.4. The predicted molar refractivity (Wildman–Crippen MR) is 93.9 cm³/mol. The molecular weight excluding hydrogens is 320 g/mol. The van der Waals surface area contributed by atoms with Gasteiger partial charge < -0.3 is 15.8 Å². The Morgan fingerprint density at radius 3 is 2.86 bits per heavy atom. The molecule has 122 valence electrons. The summed E-state index contributed by atoms with van der Waals surface area (Å²) < 4.78 is 5.89. The molecule has 0 radical (unpaired) electrons. The lowest BCUT2D eigenvalue weighted by molar-refractivity contribution is -0.117. The molecule has 22 heavy (non-hydrogen) atoms. The summed E-state index contributed by atoms with van der Waals surface area (Å²) >= 11 is 7.92. The van der Waals surface area contributed by atoms with Gasteiger partial charge in [-0.25, -0.2) is 0 Å². The summed E-state index contributed by atoms with van der Waals surface area (Å²) in [6, 6.07) is 4.82. The maximum Gasteiger partial charge on any atom is 0.241 e. The molecule has 1 aliphatic rings. The summed E-state index contributed by atoms with van der Waals surface area (Å²) in [4.78, 5) is 12.0. The Balaban J connectivity index is 1.92. The lowest BCUT2D eigenvalue weighted by Crippen LogP contribution is -2.36. The third kappa shape index (κ3) is 5.07. The van der Waals surface area contributed by atoms with E-state index in [2.05, 4.69) is 5.32 Å². The van der Waals surface area contributed by atoms with E-state index in [-0.39, 0.29) is 12.0 Å². The minimum atomic E-state index is -0.499. The molecule has 1 amide bonds. The zero-order chi connectivity index (χ0) is 15.9. The van der Waals surface area contributed by atoms with Crippen LogP contribution in [0.1, 0.15) is 32.1 Å². The van der Waals surface area contributed by atoms with Gasteiger partial charge in [0.05, 0.1) is 17.2 Å². The summed E-state index contributed by atoms with van der Waals surface area (Å²) in [6.45, 7) is 0. The van der Waals surface area contributed by atoms with Crippen LogP contribution in [0.15, 0.2) is 18.2 Å². The normalized spacial score (nSPS) is 16.5. The fourth-order valence-corrected chi connectivity index (χ4v) is 3.19. The first-order chi connectivity index (χ1) is 10.6. The summed E-state index contributed by atoms with van der Waals surface area (Å²) in [5.41, 5.74) is 6.49. The maximum absolute atomic E-state index is 12.0. The van der Waals surface area contributed by atoms with E-state index in [1.165, 1.54) is 12.8 Å². The molecule has 1 aromatic rings. The zero-order valence-corrected chi connectivity index (χ0v) is 14.4. The Labute approximate surface area is 141 Å². The maximum atomic E-state index is 12.0. The molecule has 2 rings (SSSR count). The number of halogens is 1. The molecule has 0 heterocycles. The van der Waals surface area contributed by atoms with E-state index in [9.17, 15) is 4.79 Å². The van der Waals surface area contributed by atoms with Gasteiger partial charge in [0, 0.05) is 5.69 Å². The number of nitrogens with two attached hydrogens (primary N) is 1. The first-order valence-electron chi connectivity index (χ1n) is 7.61. The van der Waals surface area contributed by atoms with Gasteiger partial charge in [0.2, 0.25) is 5.91 Å². The quantitative estimate of drug-likeness (QED) is 0.793. The fourth-order valence-electron chi connectivity index (χ4n) is 2.47. The van der Waals surface area contributed by atoms with Crippen molar-refractivity contribution < 1.29 is 9.53 Å². The molecule has 4 nitrogen and oxygen atoms in total. The summed E-state index contributed by atoms with van der Waals surface area (Å²) in [7, 11) is 0. The number of anilines is 1. The highest BCUT2D eigenvalue weighted by Crippen LogP contribution is 2.31. The molecule has 3 N–H and O–H groups in total. The smallest absolute Gasteiger partial charge is 0.241 e. The van der Waals surface area contributed by atoms with Crippen LogP contribution in [-0.2, 0) is 4.79 Å². The van der Waals surface area contributed by atoms with Gasteiger partial charge >= 0.3 is 0 Å². The lowest BCUT2D eigenvalue weighted by atomic mass is 10.2. The number of rotatable bonds is 7. The van der Waals surface area contributed by atoms with Crippen molar-refractivity contribution in [1.29, 1.82) is 0 Å². The van der Waals surface area contributed by atoms with Crippen LogP contribution in [0.4, 0.5) is 5.69 Å². The van der Waals surface area contributed by atoms with Crippen LogP contribution in [0.3, 0.4) is 0 Å². The van der Waals surface area contributed by atoms with Gasteiger partial charge in [-0.2, -0.15) is 11.8 Å². The largest absolute Gasteiger partial charge is 0.489 e. The van der Waals surface area contributed by atoms with Crippen molar-refractivity contribution >= 4 is 35.0 Å². The molecule has 1 aromatic carbocycles. The van der Waals surface area contributed by atoms with Crippen LogP contribution in [0.5, 0.6) is 5.75 Å². The highest BCUT2D eigenvalue weighted by Gasteiger charge is 2.18. The number of hydrogen-bond donors (Lipinski definition) is 2. The van der Waals surface area contributed by atoms with Crippen LogP contribution in [-0.4, -0.2) is 30.1 Å². The molecule has 0 bridgehead atoms. The minimum Gasteiger partial charge on any atom is -0.489 e. The Kier molecular flexibility index (Phi) is 6.86. The van der Waals surface area contributed by atoms with E-state index < -0.39 is 6.04 Å². The number of carbonyl (C=O) groups is 1. The number of ether oxygens (including phenoxy) is 1. The number of nitrogens with one attached hydrogen (secondary N) is 1. The average molecular weight is 343 g/mol. The Morgan fingerprint density at radius 2 is 2.23 bits per heavy atom. The number of thioether (sulfide) groups is 1. The third-order valence-electron chi connectivity index (χ3n) is 3.77. The van der Waals surface area contributed by atoms with Crippen LogP contribution >= 0.6 is 23.4 Å². The van der Waals surface area contributed by atoms with E-state index in [1.54, 1.807) is 23.9 Å². The molecule has 0 spiro atoms. The van der Waals surface area contributed by atoms with E-state index in [0.717, 1.165) is 18.6 Å². The highest BCUT2D eigenvalue weighted by molar-refractivity contribution is 7.98.